The van der Waals surface area contributed by atoms with E-state index in [9.17, 15) is 9.59 Å². The highest BCUT2D eigenvalue weighted by molar-refractivity contribution is 5.74. The molecule has 124 valence electrons. The van der Waals surface area contributed by atoms with Crippen molar-refractivity contribution >= 4 is 12.4 Å². The number of hydrogen-bond acceptors (Lipinski definition) is 4. The van der Waals surface area contributed by atoms with E-state index in [1.165, 1.54) is 0 Å². The summed E-state index contributed by atoms with van der Waals surface area (Å²) < 4.78 is 11.3. The summed E-state index contributed by atoms with van der Waals surface area (Å²) in [6, 6.07) is 16.1. The molecule has 0 aromatic heterocycles. The summed E-state index contributed by atoms with van der Waals surface area (Å²) in [5, 5.41) is 0. The Bertz CT molecular complexity index is 676. The van der Waals surface area contributed by atoms with Crippen molar-refractivity contribution in [2.24, 2.45) is 0 Å². The van der Waals surface area contributed by atoms with Crippen LogP contribution in [0.2, 0.25) is 0 Å². The zero-order valence-electron chi connectivity index (χ0n) is 13.3. The van der Waals surface area contributed by atoms with Crippen molar-refractivity contribution in [1.29, 1.82) is 0 Å². The van der Waals surface area contributed by atoms with Crippen molar-refractivity contribution in [1.82, 2.24) is 4.90 Å². The van der Waals surface area contributed by atoms with Gasteiger partial charge in [0.25, 0.3) is 0 Å². The summed E-state index contributed by atoms with van der Waals surface area (Å²) in [4.78, 5) is 24.5. The lowest BCUT2D eigenvalue weighted by Crippen LogP contribution is -2.43. The van der Waals surface area contributed by atoms with Gasteiger partial charge in [0.15, 0.2) is 0 Å². The molecular formula is C19H19NO4. The summed E-state index contributed by atoms with van der Waals surface area (Å²) in [6.45, 7) is 1.20. The van der Waals surface area contributed by atoms with Crippen LogP contribution in [0.5, 0.6) is 11.5 Å². The van der Waals surface area contributed by atoms with E-state index in [1.54, 1.807) is 41.3 Å². The van der Waals surface area contributed by atoms with E-state index in [0.29, 0.717) is 24.4 Å². The fourth-order valence-corrected chi connectivity index (χ4v) is 2.63. The van der Waals surface area contributed by atoms with Crippen LogP contribution in [-0.4, -0.2) is 36.5 Å². The molecule has 0 N–H and O–H groups in total. The minimum Gasteiger partial charge on any atom is -0.490 e. The van der Waals surface area contributed by atoms with Crippen LogP contribution in [0.15, 0.2) is 54.6 Å². The molecule has 1 amide bonds. The van der Waals surface area contributed by atoms with Gasteiger partial charge in [0.2, 0.25) is 0 Å². The van der Waals surface area contributed by atoms with Gasteiger partial charge in [0.05, 0.1) is 0 Å². The fourth-order valence-electron chi connectivity index (χ4n) is 2.63. The summed E-state index contributed by atoms with van der Waals surface area (Å²) in [5.41, 5.74) is 0.626. The van der Waals surface area contributed by atoms with Crippen LogP contribution < -0.4 is 9.47 Å². The largest absolute Gasteiger partial charge is 0.490 e. The van der Waals surface area contributed by atoms with Crippen LogP contribution in [0.1, 0.15) is 23.2 Å². The molecule has 0 bridgehead atoms. The second-order valence-corrected chi connectivity index (χ2v) is 5.67. The van der Waals surface area contributed by atoms with Gasteiger partial charge in [-0.3, -0.25) is 4.79 Å². The first-order valence-corrected chi connectivity index (χ1v) is 7.98. The summed E-state index contributed by atoms with van der Waals surface area (Å²) in [5.74, 6) is 1.29. The predicted molar refractivity (Wildman–Crippen MR) is 89.5 cm³/mol. The van der Waals surface area contributed by atoms with E-state index < -0.39 is 0 Å². The Morgan fingerprint density at radius 3 is 2.25 bits per heavy atom. The fraction of sp³-hybridized carbons (Fsp3) is 0.263. The number of benzene rings is 2. The lowest BCUT2D eigenvalue weighted by atomic mass is 10.1. The van der Waals surface area contributed by atoms with Crippen molar-refractivity contribution in [2.45, 2.75) is 18.9 Å². The molecule has 24 heavy (non-hydrogen) atoms. The standard InChI is InChI=1S/C19H19NO4/c21-14-15-6-8-17(9-7-15)23-18-10-12-20(13-11-18)19(22)24-16-4-2-1-3-5-16/h1-9,14,18H,10-13H2. The molecule has 0 aliphatic carbocycles. The Balaban J connectivity index is 1.48. The lowest BCUT2D eigenvalue weighted by molar-refractivity contribution is 0.0930. The van der Waals surface area contributed by atoms with Gasteiger partial charge in [-0.05, 0) is 36.4 Å². The second-order valence-electron chi connectivity index (χ2n) is 5.67. The number of hydrogen-bond donors (Lipinski definition) is 0. The van der Waals surface area contributed by atoms with Crippen molar-refractivity contribution in [3.63, 3.8) is 0 Å². The number of amides is 1. The zero-order chi connectivity index (χ0) is 16.8. The highest BCUT2D eigenvalue weighted by Crippen LogP contribution is 2.20. The van der Waals surface area contributed by atoms with E-state index in [4.69, 9.17) is 9.47 Å². The Hall–Kier alpha value is -2.82. The lowest BCUT2D eigenvalue weighted by Gasteiger charge is -2.31. The Morgan fingerprint density at radius 2 is 1.62 bits per heavy atom. The molecular weight excluding hydrogens is 306 g/mol. The number of para-hydroxylation sites is 1. The minimum atomic E-state index is -0.324. The Labute approximate surface area is 140 Å². The molecule has 1 saturated heterocycles. The highest BCUT2D eigenvalue weighted by Gasteiger charge is 2.25. The maximum atomic E-state index is 12.1. The predicted octanol–water partition coefficient (Wildman–Crippen LogP) is 3.54. The normalized spacial score (nSPS) is 14.9. The van der Waals surface area contributed by atoms with Crippen LogP contribution in [0.4, 0.5) is 4.79 Å². The van der Waals surface area contributed by atoms with E-state index in [0.717, 1.165) is 24.9 Å². The maximum absolute atomic E-state index is 12.1. The average molecular weight is 325 g/mol. The number of nitrogens with zero attached hydrogens (tertiary/aromatic N) is 1. The summed E-state index contributed by atoms with van der Waals surface area (Å²) in [7, 11) is 0. The molecule has 1 heterocycles. The van der Waals surface area contributed by atoms with E-state index in [2.05, 4.69) is 0 Å². The molecule has 0 unspecified atom stereocenters. The first-order valence-electron chi connectivity index (χ1n) is 7.98. The SMILES string of the molecule is O=Cc1ccc(OC2CCN(C(=O)Oc3ccccc3)CC2)cc1. The number of rotatable bonds is 4. The topological polar surface area (TPSA) is 55.8 Å². The molecule has 1 fully saturated rings. The van der Waals surface area contributed by atoms with Crippen LogP contribution in [0, 0.1) is 0 Å². The quantitative estimate of drug-likeness (QED) is 0.807. The second kappa shape index (κ2) is 7.64. The molecule has 5 heteroatoms. The number of ether oxygens (including phenoxy) is 2. The summed E-state index contributed by atoms with van der Waals surface area (Å²) in [6.07, 6.45) is 2.04. The van der Waals surface area contributed by atoms with Gasteiger partial charge < -0.3 is 14.4 Å². The number of aldehydes is 1. The van der Waals surface area contributed by atoms with Gasteiger partial charge >= 0.3 is 6.09 Å². The van der Waals surface area contributed by atoms with Crippen molar-refractivity contribution in [3.8, 4) is 11.5 Å². The maximum Gasteiger partial charge on any atom is 0.415 e. The van der Waals surface area contributed by atoms with E-state index in [1.807, 2.05) is 18.2 Å². The molecule has 2 aromatic carbocycles. The van der Waals surface area contributed by atoms with Crippen LogP contribution in [-0.2, 0) is 0 Å². The minimum absolute atomic E-state index is 0.0628. The Kier molecular flexibility index (Phi) is 5.11. The third-order valence-corrected chi connectivity index (χ3v) is 3.97. The smallest absolute Gasteiger partial charge is 0.415 e. The van der Waals surface area contributed by atoms with Crippen LogP contribution in [0.3, 0.4) is 0 Å². The van der Waals surface area contributed by atoms with Crippen LogP contribution in [0.25, 0.3) is 0 Å². The molecule has 5 nitrogen and oxygen atoms in total. The van der Waals surface area contributed by atoms with Crippen molar-refractivity contribution in [2.75, 3.05) is 13.1 Å². The van der Waals surface area contributed by atoms with Crippen molar-refractivity contribution < 1.29 is 19.1 Å². The monoisotopic (exact) mass is 325 g/mol. The van der Waals surface area contributed by atoms with E-state index in [-0.39, 0.29) is 12.2 Å². The van der Waals surface area contributed by atoms with E-state index >= 15 is 0 Å². The van der Waals surface area contributed by atoms with Gasteiger partial charge in [-0.2, -0.15) is 0 Å². The van der Waals surface area contributed by atoms with Gasteiger partial charge in [-0.15, -0.1) is 0 Å². The van der Waals surface area contributed by atoms with Gasteiger partial charge in [-0.1, -0.05) is 18.2 Å². The summed E-state index contributed by atoms with van der Waals surface area (Å²) >= 11 is 0. The molecule has 0 atom stereocenters. The Morgan fingerprint density at radius 1 is 0.958 bits per heavy atom. The van der Waals surface area contributed by atoms with Gasteiger partial charge in [-0.25, -0.2) is 4.79 Å². The molecule has 1 aliphatic heterocycles. The highest BCUT2D eigenvalue weighted by atomic mass is 16.6. The molecule has 3 rings (SSSR count). The average Bonchev–Trinajstić information content (AvgIpc) is 2.64. The first-order chi connectivity index (χ1) is 11.7. The third-order valence-electron chi connectivity index (χ3n) is 3.97. The third kappa shape index (κ3) is 4.13. The molecule has 0 spiro atoms. The molecule has 0 radical (unpaired) electrons. The van der Waals surface area contributed by atoms with Gasteiger partial charge in [0, 0.05) is 31.5 Å². The first kappa shape index (κ1) is 16.1. The number of piperidine rings is 1. The zero-order valence-corrected chi connectivity index (χ0v) is 13.3. The van der Waals surface area contributed by atoms with Gasteiger partial charge in [0.1, 0.15) is 23.9 Å². The number of carbonyl (C=O) groups excluding carboxylic acids is 2. The number of likely N-dealkylation sites (tertiary alicyclic amines) is 1. The molecule has 2 aromatic rings. The van der Waals surface area contributed by atoms with Crippen molar-refractivity contribution in [3.05, 3.63) is 60.2 Å². The van der Waals surface area contributed by atoms with Crippen LogP contribution >= 0.6 is 0 Å². The molecule has 1 aliphatic rings. The number of carbonyl (C=O) groups is 2. The molecule has 0 saturated carbocycles.